The predicted molar refractivity (Wildman–Crippen MR) is 237 cm³/mol. The van der Waals surface area contributed by atoms with Gasteiger partial charge in [0.15, 0.2) is 12.4 Å². The Bertz CT molecular complexity index is 965. The molecule has 58 heavy (non-hydrogen) atoms. The molecule has 0 bridgehead atoms. The number of hydrogen-bond donors (Lipinski definition) is 0. The highest BCUT2D eigenvalue weighted by atomic mass is 16.7. The number of carboxylic acids is 1. The highest BCUT2D eigenvalue weighted by Crippen LogP contribution is 2.16. The number of carboxylic acid groups (broad SMARTS) is 1. The van der Waals surface area contributed by atoms with Crippen LogP contribution >= 0.6 is 0 Å². The molecule has 0 amide bonds. The fourth-order valence-corrected chi connectivity index (χ4v) is 6.94. The van der Waals surface area contributed by atoms with Crippen LogP contribution in [-0.4, -0.2) is 82.3 Å². The number of quaternary nitrogens is 1. The number of esters is 2. The predicted octanol–water partition coefficient (Wildman–Crippen LogP) is 11.7. The largest absolute Gasteiger partial charge is 0.545 e. The van der Waals surface area contributed by atoms with Crippen LogP contribution in [0.4, 0.5) is 0 Å². The minimum atomic E-state index is -1.62. The first kappa shape index (κ1) is 56.0. The molecule has 0 aromatic rings. The highest BCUT2D eigenvalue weighted by Gasteiger charge is 2.21. The molecule has 0 radical (unpaired) electrons. The van der Waals surface area contributed by atoms with Crippen LogP contribution in [0.5, 0.6) is 0 Å². The van der Waals surface area contributed by atoms with Crippen LogP contribution in [0.15, 0.2) is 12.2 Å². The molecule has 0 spiro atoms. The lowest BCUT2D eigenvalue weighted by atomic mass is 10.0. The van der Waals surface area contributed by atoms with Gasteiger partial charge in [0.25, 0.3) is 0 Å². The van der Waals surface area contributed by atoms with Gasteiger partial charge in [0, 0.05) is 12.8 Å². The second kappa shape index (κ2) is 41.8. The summed E-state index contributed by atoms with van der Waals surface area (Å²) in [5.74, 6) is -2.27. The summed E-state index contributed by atoms with van der Waals surface area (Å²) in [5, 5.41) is 11.7. The van der Waals surface area contributed by atoms with Crippen LogP contribution in [0, 0.1) is 0 Å². The summed E-state index contributed by atoms with van der Waals surface area (Å²) in [4.78, 5) is 37.0. The molecule has 9 heteroatoms. The number of hydrogen-bond acceptors (Lipinski definition) is 8. The average molecular weight is 824 g/mol. The van der Waals surface area contributed by atoms with E-state index in [0.717, 1.165) is 38.5 Å². The Labute approximate surface area is 357 Å². The maximum atomic E-state index is 12.8. The maximum Gasteiger partial charge on any atom is 0.306 e. The third-order valence-electron chi connectivity index (χ3n) is 10.8. The Hall–Kier alpha value is -1.97. The molecule has 0 saturated heterocycles. The van der Waals surface area contributed by atoms with Gasteiger partial charge < -0.3 is 33.3 Å². The van der Waals surface area contributed by atoms with Gasteiger partial charge in [-0.3, -0.25) is 9.59 Å². The van der Waals surface area contributed by atoms with Crippen LogP contribution in [0.1, 0.15) is 226 Å². The summed E-state index contributed by atoms with van der Waals surface area (Å²) in [7, 11) is 5.92. The van der Waals surface area contributed by atoms with E-state index in [1.807, 2.05) is 21.1 Å². The van der Waals surface area contributed by atoms with Crippen molar-refractivity contribution in [3.63, 3.8) is 0 Å². The summed E-state index contributed by atoms with van der Waals surface area (Å²) >= 11 is 0. The molecule has 0 aromatic carbocycles. The van der Waals surface area contributed by atoms with Crippen molar-refractivity contribution in [2.75, 3.05) is 47.5 Å². The van der Waals surface area contributed by atoms with Crippen LogP contribution in [0.25, 0.3) is 0 Å². The Morgan fingerprint density at radius 1 is 0.500 bits per heavy atom. The second-order valence-corrected chi connectivity index (χ2v) is 17.8. The SMILES string of the molecule is CCCCCCCC/C=C\CCCCCCCCCCCC(=O)OC(COC(=O)CCCCCCCCCCCCCCCC)COC(OCC[N+](C)(C)C)C(=O)[O-]. The summed E-state index contributed by atoms with van der Waals surface area (Å²) < 4.78 is 22.6. The van der Waals surface area contributed by atoms with Gasteiger partial charge in [-0.2, -0.15) is 0 Å². The maximum absolute atomic E-state index is 12.8. The van der Waals surface area contributed by atoms with Gasteiger partial charge in [0.2, 0.25) is 0 Å². The van der Waals surface area contributed by atoms with Crippen LogP contribution in [0.3, 0.4) is 0 Å². The van der Waals surface area contributed by atoms with E-state index >= 15 is 0 Å². The quantitative estimate of drug-likeness (QED) is 0.0196. The van der Waals surface area contributed by atoms with E-state index < -0.39 is 24.3 Å². The van der Waals surface area contributed by atoms with Crippen molar-refractivity contribution in [3.05, 3.63) is 12.2 Å². The van der Waals surface area contributed by atoms with Gasteiger partial charge in [-0.15, -0.1) is 0 Å². The molecule has 0 aliphatic rings. The van der Waals surface area contributed by atoms with Gasteiger partial charge in [0.1, 0.15) is 13.2 Å². The minimum absolute atomic E-state index is 0.151. The van der Waals surface area contributed by atoms with E-state index in [0.29, 0.717) is 23.9 Å². The van der Waals surface area contributed by atoms with Crippen molar-refractivity contribution in [1.82, 2.24) is 0 Å². The molecule has 2 unspecified atom stereocenters. The molecule has 0 N–H and O–H groups in total. The molecule has 9 nitrogen and oxygen atoms in total. The van der Waals surface area contributed by atoms with Crippen LogP contribution in [-0.2, 0) is 33.3 Å². The molecular formula is C49H93NO8. The molecule has 0 aliphatic carbocycles. The zero-order valence-electron chi connectivity index (χ0n) is 38.7. The first-order chi connectivity index (χ1) is 28.1. The van der Waals surface area contributed by atoms with Gasteiger partial charge in [0.05, 0.1) is 40.3 Å². The zero-order chi connectivity index (χ0) is 42.8. The molecule has 0 aliphatic heterocycles. The van der Waals surface area contributed by atoms with Crippen LogP contribution < -0.4 is 5.11 Å². The number of allylic oxidation sites excluding steroid dienone is 2. The number of likely N-dealkylation sites (N-methyl/N-ethyl adjacent to an activating group) is 1. The molecule has 0 saturated carbocycles. The first-order valence-corrected chi connectivity index (χ1v) is 24.3. The van der Waals surface area contributed by atoms with E-state index in [4.69, 9.17) is 18.9 Å². The fraction of sp³-hybridized carbons (Fsp3) is 0.898. The fourth-order valence-electron chi connectivity index (χ4n) is 6.94. The molecule has 342 valence electrons. The van der Waals surface area contributed by atoms with E-state index in [-0.39, 0.29) is 32.2 Å². The molecule has 0 heterocycles. The topological polar surface area (TPSA) is 111 Å². The van der Waals surface area contributed by atoms with Gasteiger partial charge in [-0.25, -0.2) is 0 Å². The number of unbranched alkanes of at least 4 members (excludes halogenated alkanes) is 28. The second-order valence-electron chi connectivity index (χ2n) is 17.8. The highest BCUT2D eigenvalue weighted by molar-refractivity contribution is 5.70. The lowest BCUT2D eigenvalue weighted by molar-refractivity contribution is -0.870. The van der Waals surface area contributed by atoms with E-state index in [1.54, 1.807) is 0 Å². The number of nitrogens with zero attached hydrogens (tertiary/aromatic N) is 1. The average Bonchev–Trinajstić information content (AvgIpc) is 3.18. The number of aliphatic carboxylic acids is 1. The van der Waals surface area contributed by atoms with Crippen molar-refractivity contribution in [3.8, 4) is 0 Å². The summed E-state index contributed by atoms with van der Waals surface area (Å²) in [6, 6.07) is 0. The Morgan fingerprint density at radius 3 is 1.28 bits per heavy atom. The van der Waals surface area contributed by atoms with E-state index in [1.165, 1.54) is 154 Å². The number of carbonyl (C=O) groups excluding carboxylic acids is 3. The smallest absolute Gasteiger partial charge is 0.306 e. The lowest BCUT2D eigenvalue weighted by Gasteiger charge is -2.26. The number of carbonyl (C=O) groups is 3. The van der Waals surface area contributed by atoms with E-state index in [2.05, 4.69) is 26.0 Å². The lowest BCUT2D eigenvalue weighted by Crippen LogP contribution is -2.44. The molecule has 0 aromatic heterocycles. The van der Waals surface area contributed by atoms with Crippen molar-refractivity contribution < 1.29 is 42.9 Å². The van der Waals surface area contributed by atoms with Gasteiger partial charge in [-0.1, -0.05) is 187 Å². The van der Waals surface area contributed by atoms with Gasteiger partial charge >= 0.3 is 11.9 Å². The molecule has 2 atom stereocenters. The van der Waals surface area contributed by atoms with Crippen molar-refractivity contribution in [2.24, 2.45) is 0 Å². The van der Waals surface area contributed by atoms with Crippen molar-refractivity contribution >= 4 is 17.9 Å². The number of ether oxygens (including phenoxy) is 4. The minimum Gasteiger partial charge on any atom is -0.545 e. The molecular weight excluding hydrogens is 731 g/mol. The zero-order valence-corrected chi connectivity index (χ0v) is 38.7. The normalized spacial score (nSPS) is 12.9. The van der Waals surface area contributed by atoms with Gasteiger partial charge in [-0.05, 0) is 38.5 Å². The van der Waals surface area contributed by atoms with Crippen LogP contribution in [0.2, 0.25) is 0 Å². The summed E-state index contributed by atoms with van der Waals surface area (Å²) in [5.41, 5.74) is 0. The van der Waals surface area contributed by atoms with Crippen molar-refractivity contribution in [1.29, 1.82) is 0 Å². The third-order valence-corrected chi connectivity index (χ3v) is 10.8. The molecule has 0 rings (SSSR count). The third kappa shape index (κ3) is 42.2. The number of rotatable bonds is 45. The standard InChI is InChI=1S/C49H93NO8/c1-6-8-10-12-14-16-18-20-22-23-24-25-26-28-30-32-34-36-38-40-47(52)58-45(44-57-49(48(53)54)55-42-41-50(3,4)5)43-56-46(51)39-37-35-33-31-29-27-21-19-17-15-13-11-9-7-2/h20,22,45,49H,6-19,21,23-44H2,1-5H3/b22-20-. The Morgan fingerprint density at radius 2 is 0.879 bits per heavy atom. The monoisotopic (exact) mass is 824 g/mol. The first-order valence-electron chi connectivity index (χ1n) is 24.3. The van der Waals surface area contributed by atoms with E-state index in [9.17, 15) is 19.5 Å². The summed E-state index contributed by atoms with van der Waals surface area (Å²) in [6.45, 7) is 4.76. The summed E-state index contributed by atoms with van der Waals surface area (Å²) in [6.07, 6.45) is 40.9. The Balaban J connectivity index is 4.35. The van der Waals surface area contributed by atoms with Crippen molar-refractivity contribution in [2.45, 2.75) is 238 Å². The molecule has 0 fully saturated rings. The Kier molecular flexibility index (Phi) is 40.3.